The van der Waals surface area contributed by atoms with Gasteiger partial charge in [-0.25, -0.2) is 13.2 Å². The predicted molar refractivity (Wildman–Crippen MR) is 53.2 cm³/mol. The molecule has 5 heteroatoms. The highest BCUT2D eigenvalue weighted by molar-refractivity contribution is 5.75. The molecule has 0 amide bonds. The minimum absolute atomic E-state index is 0.0569. The Morgan fingerprint density at radius 2 is 1.81 bits per heavy atom. The van der Waals surface area contributed by atoms with Gasteiger partial charge in [0, 0.05) is 12.5 Å². The van der Waals surface area contributed by atoms with Crippen LogP contribution in [0.1, 0.15) is 31.4 Å². The SMILES string of the molecule is CC(=O)CCC(N)c1cc(F)c(F)c(F)c1. The summed E-state index contributed by atoms with van der Waals surface area (Å²) >= 11 is 0. The standard InChI is InChI=1S/C11H12F3NO/c1-6(16)2-3-10(15)7-4-8(12)11(14)9(13)5-7/h4-5,10H,2-3,15H2,1H3. The fourth-order valence-electron chi connectivity index (χ4n) is 1.31. The number of benzene rings is 1. The van der Waals surface area contributed by atoms with E-state index in [0.717, 1.165) is 12.1 Å². The predicted octanol–water partition coefficient (Wildman–Crippen LogP) is 2.47. The Hall–Kier alpha value is -1.36. The van der Waals surface area contributed by atoms with Crippen molar-refractivity contribution in [3.05, 3.63) is 35.1 Å². The lowest BCUT2D eigenvalue weighted by molar-refractivity contribution is -0.117. The number of halogens is 3. The first-order valence-electron chi connectivity index (χ1n) is 4.81. The summed E-state index contributed by atoms with van der Waals surface area (Å²) in [4.78, 5) is 10.7. The molecule has 0 saturated carbocycles. The van der Waals surface area contributed by atoms with Crippen LogP contribution in [-0.2, 0) is 4.79 Å². The zero-order chi connectivity index (χ0) is 12.3. The van der Waals surface area contributed by atoms with E-state index in [2.05, 4.69) is 0 Å². The van der Waals surface area contributed by atoms with Gasteiger partial charge in [-0.1, -0.05) is 0 Å². The largest absolute Gasteiger partial charge is 0.324 e. The van der Waals surface area contributed by atoms with E-state index < -0.39 is 23.5 Å². The van der Waals surface area contributed by atoms with Gasteiger partial charge in [0.2, 0.25) is 0 Å². The summed E-state index contributed by atoms with van der Waals surface area (Å²) in [7, 11) is 0. The Morgan fingerprint density at radius 1 is 1.31 bits per heavy atom. The molecular weight excluding hydrogens is 219 g/mol. The summed E-state index contributed by atoms with van der Waals surface area (Å²) < 4.78 is 38.4. The average molecular weight is 231 g/mol. The molecule has 1 atom stereocenters. The second-order valence-electron chi connectivity index (χ2n) is 3.65. The van der Waals surface area contributed by atoms with Gasteiger partial charge in [0.25, 0.3) is 0 Å². The lowest BCUT2D eigenvalue weighted by Crippen LogP contribution is -2.13. The van der Waals surface area contributed by atoms with Crippen molar-refractivity contribution in [2.24, 2.45) is 5.73 Å². The van der Waals surface area contributed by atoms with Crippen molar-refractivity contribution in [3.8, 4) is 0 Å². The maximum atomic E-state index is 12.9. The topological polar surface area (TPSA) is 43.1 Å². The monoisotopic (exact) mass is 231 g/mol. The molecule has 0 aliphatic rings. The van der Waals surface area contributed by atoms with E-state index in [1.807, 2.05) is 0 Å². The number of Topliss-reactive ketones (excluding diaryl/α,β-unsaturated/α-hetero) is 1. The minimum atomic E-state index is -1.51. The lowest BCUT2D eigenvalue weighted by Gasteiger charge is -2.11. The van der Waals surface area contributed by atoms with E-state index in [1.165, 1.54) is 6.92 Å². The van der Waals surface area contributed by atoms with Crippen molar-refractivity contribution in [1.82, 2.24) is 0 Å². The van der Waals surface area contributed by atoms with Crippen LogP contribution >= 0.6 is 0 Å². The Bertz CT molecular complexity index is 383. The summed E-state index contributed by atoms with van der Waals surface area (Å²) in [5, 5.41) is 0. The smallest absolute Gasteiger partial charge is 0.194 e. The van der Waals surface area contributed by atoms with Crippen LogP contribution in [0.15, 0.2) is 12.1 Å². The summed E-state index contributed by atoms with van der Waals surface area (Å²) in [6.45, 7) is 1.40. The zero-order valence-electron chi connectivity index (χ0n) is 8.77. The summed E-state index contributed by atoms with van der Waals surface area (Å²) in [6.07, 6.45) is 0.502. The molecule has 0 saturated heterocycles. The molecule has 0 spiro atoms. The van der Waals surface area contributed by atoms with Crippen molar-refractivity contribution in [2.75, 3.05) is 0 Å². The summed E-state index contributed by atoms with van der Waals surface area (Å²) in [5.74, 6) is -4.11. The number of hydrogen-bond donors (Lipinski definition) is 1. The van der Waals surface area contributed by atoms with Gasteiger partial charge in [0.05, 0.1) is 0 Å². The first-order valence-corrected chi connectivity index (χ1v) is 4.81. The molecule has 0 heterocycles. The molecule has 16 heavy (non-hydrogen) atoms. The molecule has 0 aliphatic carbocycles. The van der Waals surface area contributed by atoms with E-state index >= 15 is 0 Å². The Balaban J connectivity index is 2.84. The van der Waals surface area contributed by atoms with Crippen LogP contribution in [0.4, 0.5) is 13.2 Å². The van der Waals surface area contributed by atoms with Crippen LogP contribution in [0, 0.1) is 17.5 Å². The highest BCUT2D eigenvalue weighted by Gasteiger charge is 2.14. The molecule has 0 aliphatic heterocycles. The quantitative estimate of drug-likeness (QED) is 0.809. The van der Waals surface area contributed by atoms with E-state index in [0.29, 0.717) is 0 Å². The maximum absolute atomic E-state index is 12.9. The molecular formula is C11H12F3NO. The number of carbonyl (C=O) groups is 1. The van der Waals surface area contributed by atoms with Crippen LogP contribution in [-0.4, -0.2) is 5.78 Å². The molecule has 1 rings (SSSR count). The molecule has 1 aromatic carbocycles. The lowest BCUT2D eigenvalue weighted by atomic mass is 10.0. The van der Waals surface area contributed by atoms with Gasteiger partial charge in [0.1, 0.15) is 5.78 Å². The van der Waals surface area contributed by atoms with Crippen LogP contribution in [0.25, 0.3) is 0 Å². The van der Waals surface area contributed by atoms with Gasteiger partial charge in [-0.2, -0.15) is 0 Å². The van der Waals surface area contributed by atoms with Crippen LogP contribution in [0.2, 0.25) is 0 Å². The second kappa shape index (κ2) is 5.12. The number of hydrogen-bond acceptors (Lipinski definition) is 2. The van der Waals surface area contributed by atoms with Crippen molar-refractivity contribution in [3.63, 3.8) is 0 Å². The minimum Gasteiger partial charge on any atom is -0.324 e. The molecule has 88 valence electrons. The first-order chi connectivity index (χ1) is 7.41. The molecule has 2 N–H and O–H groups in total. The van der Waals surface area contributed by atoms with Gasteiger partial charge < -0.3 is 10.5 Å². The van der Waals surface area contributed by atoms with Gasteiger partial charge in [-0.05, 0) is 31.0 Å². The highest BCUT2D eigenvalue weighted by Crippen LogP contribution is 2.20. The normalized spacial score (nSPS) is 12.6. The number of nitrogens with two attached hydrogens (primary N) is 1. The Morgan fingerprint density at radius 3 is 2.25 bits per heavy atom. The van der Waals surface area contributed by atoms with Crippen molar-refractivity contribution in [1.29, 1.82) is 0 Å². The number of ketones is 1. The number of rotatable bonds is 4. The summed E-state index contributed by atoms with van der Waals surface area (Å²) in [5.41, 5.74) is 5.77. The third-order valence-corrected chi connectivity index (χ3v) is 2.24. The van der Waals surface area contributed by atoms with E-state index in [1.54, 1.807) is 0 Å². The zero-order valence-corrected chi connectivity index (χ0v) is 8.77. The molecule has 0 fully saturated rings. The van der Waals surface area contributed by atoms with Gasteiger partial charge in [-0.3, -0.25) is 0 Å². The van der Waals surface area contributed by atoms with Gasteiger partial charge in [0.15, 0.2) is 17.5 Å². The van der Waals surface area contributed by atoms with Gasteiger partial charge in [-0.15, -0.1) is 0 Å². The third-order valence-electron chi connectivity index (χ3n) is 2.24. The van der Waals surface area contributed by atoms with Crippen LogP contribution in [0.5, 0.6) is 0 Å². The summed E-state index contributed by atoms with van der Waals surface area (Å²) in [6, 6.07) is 1.03. The first kappa shape index (κ1) is 12.7. The number of carbonyl (C=O) groups excluding carboxylic acids is 1. The van der Waals surface area contributed by atoms with Gasteiger partial charge >= 0.3 is 0 Å². The molecule has 1 aromatic rings. The third kappa shape index (κ3) is 3.06. The molecule has 0 bridgehead atoms. The molecule has 1 unspecified atom stereocenters. The average Bonchev–Trinajstić information content (AvgIpc) is 2.21. The second-order valence-corrected chi connectivity index (χ2v) is 3.65. The molecule has 0 radical (unpaired) electrons. The highest BCUT2D eigenvalue weighted by atomic mass is 19.2. The maximum Gasteiger partial charge on any atom is 0.194 e. The van der Waals surface area contributed by atoms with Crippen LogP contribution < -0.4 is 5.73 Å². The van der Waals surface area contributed by atoms with E-state index in [9.17, 15) is 18.0 Å². The van der Waals surface area contributed by atoms with E-state index in [-0.39, 0.29) is 24.2 Å². The van der Waals surface area contributed by atoms with Crippen LogP contribution in [0.3, 0.4) is 0 Å². The molecule has 2 nitrogen and oxygen atoms in total. The van der Waals surface area contributed by atoms with Crippen molar-refractivity contribution < 1.29 is 18.0 Å². The van der Waals surface area contributed by atoms with Crippen molar-refractivity contribution >= 4 is 5.78 Å². The van der Waals surface area contributed by atoms with Crippen molar-refractivity contribution in [2.45, 2.75) is 25.8 Å². The fourth-order valence-corrected chi connectivity index (χ4v) is 1.31. The van der Waals surface area contributed by atoms with E-state index in [4.69, 9.17) is 5.73 Å². The Kier molecular flexibility index (Phi) is 4.06. The fraction of sp³-hybridized carbons (Fsp3) is 0.364. The Labute approximate surface area is 91.3 Å². The molecule has 0 aromatic heterocycles.